The van der Waals surface area contributed by atoms with Gasteiger partial charge in [0, 0.05) is 147 Å². The van der Waals surface area contributed by atoms with Crippen molar-refractivity contribution in [3.63, 3.8) is 0 Å². The van der Waals surface area contributed by atoms with Crippen LogP contribution in [0.25, 0.3) is 137 Å². The first-order valence-electron chi connectivity index (χ1n) is 32.7. The fourth-order valence-electron chi connectivity index (χ4n) is 14.7. The van der Waals surface area contributed by atoms with Gasteiger partial charge in [0.25, 0.3) is 0 Å². The highest BCUT2D eigenvalue weighted by molar-refractivity contribution is 9.10. The maximum atomic E-state index is 5.94. The van der Waals surface area contributed by atoms with Gasteiger partial charge in [0.1, 0.15) is 0 Å². The first kappa shape index (κ1) is 57.8. The SMILES string of the molecule is Brc1cccc(-n2c3ccccc3c3cnccc32)c1.Nc1cccc(-n2c3ccccc3c3ccccc32)c1.c1cc(N(c2cccc(-n3c4ccccc4c4cnccc43)c2)c2cccc(-n3c4ccccc4c4cnccc43)c2)cc(-n2c3ccccc3c3ccccc32)c1. The second-order valence-corrected chi connectivity index (χ2v) is 25.4. The van der Waals surface area contributed by atoms with E-state index in [0.29, 0.717) is 0 Å². The third-order valence-corrected chi connectivity index (χ3v) is 19.3. The first-order valence-corrected chi connectivity index (χ1v) is 33.5. The molecule has 8 heterocycles. The van der Waals surface area contributed by atoms with E-state index < -0.39 is 0 Å². The minimum absolute atomic E-state index is 0.782. The smallest absolute Gasteiger partial charge is 0.0571 e. The largest absolute Gasteiger partial charge is 0.399 e. The number of fused-ring (bicyclic) bond motifs is 15. The molecule has 0 atom stereocenters. The van der Waals surface area contributed by atoms with Crippen molar-refractivity contribution in [2.45, 2.75) is 0 Å². The number of hydrogen-bond donors (Lipinski definition) is 1. The van der Waals surface area contributed by atoms with Gasteiger partial charge in [-0.2, -0.15) is 0 Å². The predicted octanol–water partition coefficient (Wildman–Crippen LogP) is 22.5. The van der Waals surface area contributed by atoms with E-state index in [1.807, 2.05) is 61.4 Å². The van der Waals surface area contributed by atoms with Crippen molar-refractivity contribution in [1.29, 1.82) is 0 Å². The van der Waals surface area contributed by atoms with Gasteiger partial charge in [-0.25, -0.2) is 0 Å². The lowest BCUT2D eigenvalue weighted by molar-refractivity contribution is 1.15. The number of nitrogens with two attached hydrogens (primary N) is 1. The van der Waals surface area contributed by atoms with E-state index in [1.54, 1.807) is 0 Å². The highest BCUT2D eigenvalue weighted by Gasteiger charge is 2.21. The van der Waals surface area contributed by atoms with Crippen molar-refractivity contribution in [3.8, 4) is 28.4 Å². The molecular weight excluding hydrogens is 1260 g/mol. The number of hydrogen-bond acceptors (Lipinski definition) is 5. The topological polar surface area (TPSA) is 92.6 Å². The summed E-state index contributed by atoms with van der Waals surface area (Å²) in [5.74, 6) is 0. The number of rotatable bonds is 8. The molecule has 0 amide bonds. The number of benzene rings is 12. The molecule has 464 valence electrons. The van der Waals surface area contributed by atoms with Gasteiger partial charge in [0.05, 0.1) is 55.2 Å². The molecule has 98 heavy (non-hydrogen) atoms. The number of halogens is 1. The summed E-state index contributed by atoms with van der Waals surface area (Å²) in [6, 6.07) is 109. The highest BCUT2D eigenvalue weighted by atomic mass is 79.9. The Morgan fingerprint density at radius 2 is 0.480 bits per heavy atom. The average Bonchev–Trinajstić information content (AvgIpc) is 1.60. The van der Waals surface area contributed by atoms with E-state index in [9.17, 15) is 0 Å². The second-order valence-electron chi connectivity index (χ2n) is 24.4. The van der Waals surface area contributed by atoms with Crippen LogP contribution in [0.2, 0.25) is 0 Å². The van der Waals surface area contributed by atoms with E-state index in [4.69, 9.17) is 5.73 Å². The molecule has 0 fully saturated rings. The van der Waals surface area contributed by atoms with Crippen molar-refractivity contribution in [2.24, 2.45) is 0 Å². The lowest BCUT2D eigenvalue weighted by Gasteiger charge is -2.27. The zero-order valence-corrected chi connectivity index (χ0v) is 54.5. The zero-order valence-electron chi connectivity index (χ0n) is 52.9. The van der Waals surface area contributed by atoms with E-state index in [1.165, 1.54) is 76.2 Å². The fraction of sp³-hybridized carbons (Fsp3) is 0. The lowest BCUT2D eigenvalue weighted by atomic mass is 10.1. The Kier molecular flexibility index (Phi) is 14.3. The molecule has 8 aromatic heterocycles. The van der Waals surface area contributed by atoms with Gasteiger partial charge in [0.2, 0.25) is 0 Å². The van der Waals surface area contributed by atoms with E-state index in [2.05, 4.69) is 344 Å². The maximum Gasteiger partial charge on any atom is 0.0571 e. The van der Waals surface area contributed by atoms with Gasteiger partial charge >= 0.3 is 0 Å². The molecule has 0 unspecified atom stereocenters. The summed E-state index contributed by atoms with van der Waals surface area (Å²) < 4.78 is 12.7. The third kappa shape index (κ3) is 9.82. The molecule has 11 heteroatoms. The molecule has 10 nitrogen and oxygen atoms in total. The number of nitrogen functional groups attached to an aromatic ring is 1. The van der Waals surface area contributed by atoms with Crippen LogP contribution in [0.5, 0.6) is 0 Å². The summed E-state index contributed by atoms with van der Waals surface area (Å²) in [4.78, 5) is 15.6. The van der Waals surface area contributed by atoms with E-state index in [0.717, 1.165) is 88.5 Å². The van der Waals surface area contributed by atoms with Crippen LogP contribution in [-0.2, 0) is 0 Å². The fourth-order valence-corrected chi connectivity index (χ4v) is 15.1. The Balaban J connectivity index is 0.000000140. The lowest BCUT2D eigenvalue weighted by Crippen LogP contribution is -2.12. The standard InChI is InChI=1S/C52H34N6.C18H14N2.C17H11BrN2/c1-5-22-47-41(18-1)42-19-2-6-23-48(42)56(47)38-15-9-12-35(30-38)55(36-13-10-16-39(31-36)57-49-24-7-3-20-43(49)45-33-53-28-26-51(45)57)37-14-11-17-40(32-37)58-50-25-8-4-21-44(50)46-34-54-29-27-52(46)58;19-13-6-5-7-14(12-13)20-17-10-3-1-8-15(17)16-9-2-4-11-18(16)20;18-12-4-3-5-13(10-12)20-16-7-2-1-6-14(16)15-11-19-9-8-17(15)20/h1-34H;1-12H,19H2;1-11H. The zero-order chi connectivity index (χ0) is 65.2. The molecule has 0 spiro atoms. The second kappa shape index (κ2) is 24.2. The Labute approximate surface area is 571 Å². The molecule has 0 radical (unpaired) electrons. The van der Waals surface area contributed by atoms with Crippen molar-refractivity contribution < 1.29 is 0 Å². The van der Waals surface area contributed by atoms with Crippen molar-refractivity contribution >= 4 is 148 Å². The Hall–Kier alpha value is -12.8. The van der Waals surface area contributed by atoms with Gasteiger partial charge in [-0.1, -0.05) is 174 Å². The molecular formula is C87H59BrN10. The van der Waals surface area contributed by atoms with Crippen LogP contribution in [-0.4, -0.2) is 37.8 Å². The van der Waals surface area contributed by atoms with Crippen LogP contribution in [0.15, 0.2) is 351 Å². The summed E-state index contributed by atoms with van der Waals surface area (Å²) in [7, 11) is 0. The summed E-state index contributed by atoms with van der Waals surface area (Å²) >= 11 is 3.55. The van der Waals surface area contributed by atoms with Crippen LogP contribution in [0.4, 0.5) is 22.7 Å². The molecule has 12 aromatic carbocycles. The van der Waals surface area contributed by atoms with Gasteiger partial charge in [-0.15, -0.1) is 0 Å². The average molecular weight is 1320 g/mol. The minimum atomic E-state index is 0.782. The summed E-state index contributed by atoms with van der Waals surface area (Å²) in [5.41, 5.74) is 27.0. The van der Waals surface area contributed by atoms with Crippen LogP contribution >= 0.6 is 15.9 Å². The van der Waals surface area contributed by atoms with E-state index >= 15 is 0 Å². The molecule has 20 aromatic rings. The van der Waals surface area contributed by atoms with Crippen LogP contribution in [0, 0.1) is 0 Å². The van der Waals surface area contributed by atoms with Gasteiger partial charge in [-0.05, 0) is 152 Å². The highest BCUT2D eigenvalue weighted by Crippen LogP contribution is 2.43. The van der Waals surface area contributed by atoms with Crippen molar-refractivity contribution in [1.82, 2.24) is 37.8 Å². The van der Waals surface area contributed by atoms with E-state index in [-0.39, 0.29) is 0 Å². The maximum absolute atomic E-state index is 5.94. The number of para-hydroxylation sites is 7. The van der Waals surface area contributed by atoms with Crippen LogP contribution in [0.3, 0.4) is 0 Å². The van der Waals surface area contributed by atoms with Crippen LogP contribution in [0.1, 0.15) is 0 Å². The molecule has 0 bridgehead atoms. The molecule has 0 aliphatic rings. The molecule has 0 saturated heterocycles. The normalized spacial score (nSPS) is 11.6. The molecule has 0 saturated carbocycles. The van der Waals surface area contributed by atoms with Crippen LogP contribution < -0.4 is 10.6 Å². The molecule has 20 rings (SSSR count). The summed E-state index contributed by atoms with van der Waals surface area (Å²) in [6.07, 6.45) is 11.5. The summed E-state index contributed by atoms with van der Waals surface area (Å²) in [5, 5.41) is 12.1. The monoisotopic (exact) mass is 1320 g/mol. The first-order chi connectivity index (χ1) is 48.5. The van der Waals surface area contributed by atoms with Gasteiger partial charge < -0.3 is 33.5 Å². The van der Waals surface area contributed by atoms with Gasteiger partial charge in [-0.3, -0.25) is 15.0 Å². The predicted molar refractivity (Wildman–Crippen MR) is 411 cm³/mol. The molecule has 2 N–H and O–H groups in total. The minimum Gasteiger partial charge on any atom is -0.399 e. The Bertz CT molecular complexity index is 5670. The third-order valence-electron chi connectivity index (χ3n) is 18.8. The number of nitrogens with zero attached hydrogens (tertiary/aromatic N) is 9. The number of pyridine rings is 3. The number of aromatic nitrogens is 8. The van der Waals surface area contributed by atoms with Crippen molar-refractivity contribution in [2.75, 3.05) is 10.6 Å². The number of anilines is 4. The van der Waals surface area contributed by atoms with Crippen molar-refractivity contribution in [3.05, 3.63) is 351 Å². The van der Waals surface area contributed by atoms with Gasteiger partial charge in [0.15, 0.2) is 0 Å². The molecule has 0 aliphatic heterocycles. The Morgan fingerprint density at radius 1 is 0.235 bits per heavy atom. The molecule has 0 aliphatic carbocycles. The Morgan fingerprint density at radius 3 is 0.776 bits per heavy atom. The summed E-state index contributed by atoms with van der Waals surface area (Å²) in [6.45, 7) is 0. The quantitative estimate of drug-likeness (QED) is 0.153.